The monoisotopic (exact) mass is 328 g/mol. The normalized spacial score (nSPS) is 16.7. The molecular weight excluding hydrogens is 308 g/mol. The van der Waals surface area contributed by atoms with Gasteiger partial charge in [0.05, 0.1) is 19.9 Å². The molecule has 1 N–H and O–H groups in total. The predicted octanol–water partition coefficient (Wildman–Crippen LogP) is 1.85. The van der Waals surface area contributed by atoms with Crippen molar-refractivity contribution in [2.75, 3.05) is 20.2 Å². The average Bonchev–Trinajstić information content (AvgIpc) is 3.09. The Morgan fingerprint density at radius 2 is 2.17 bits per heavy atom. The number of hydrogen-bond donors (Lipinski definition) is 1. The van der Waals surface area contributed by atoms with Crippen LogP contribution in [0.3, 0.4) is 0 Å². The lowest BCUT2D eigenvalue weighted by molar-refractivity contribution is 0.182. The van der Waals surface area contributed by atoms with Gasteiger partial charge in [0.25, 0.3) is 0 Å². The number of urea groups is 1. The SMILES string of the molecule is COc1ccc(CNC(=O)N2CCC(Oc3cnccn3)C2)cc1. The molecule has 24 heavy (non-hydrogen) atoms. The summed E-state index contributed by atoms with van der Waals surface area (Å²) in [5.74, 6) is 1.29. The molecule has 0 saturated carbocycles. The third kappa shape index (κ3) is 4.13. The second kappa shape index (κ2) is 7.63. The quantitative estimate of drug-likeness (QED) is 0.906. The van der Waals surface area contributed by atoms with Gasteiger partial charge in [0.1, 0.15) is 11.9 Å². The lowest BCUT2D eigenvalue weighted by Crippen LogP contribution is -2.39. The molecule has 1 aliphatic heterocycles. The Hall–Kier alpha value is -2.83. The first-order valence-corrected chi connectivity index (χ1v) is 7.83. The average molecular weight is 328 g/mol. The zero-order valence-corrected chi connectivity index (χ0v) is 13.5. The number of benzene rings is 1. The lowest BCUT2D eigenvalue weighted by Gasteiger charge is -2.17. The number of nitrogens with one attached hydrogen (secondary N) is 1. The Balaban J connectivity index is 1.45. The maximum absolute atomic E-state index is 12.2. The van der Waals surface area contributed by atoms with Crippen molar-refractivity contribution in [3.05, 3.63) is 48.4 Å². The summed E-state index contributed by atoms with van der Waals surface area (Å²) >= 11 is 0. The first-order chi connectivity index (χ1) is 11.7. The maximum atomic E-state index is 12.2. The molecule has 1 aromatic carbocycles. The fourth-order valence-electron chi connectivity index (χ4n) is 2.56. The summed E-state index contributed by atoms with van der Waals surface area (Å²) < 4.78 is 10.9. The molecule has 2 amide bonds. The van der Waals surface area contributed by atoms with Crippen molar-refractivity contribution in [1.82, 2.24) is 20.2 Å². The van der Waals surface area contributed by atoms with Crippen molar-refractivity contribution < 1.29 is 14.3 Å². The van der Waals surface area contributed by atoms with E-state index in [4.69, 9.17) is 9.47 Å². The van der Waals surface area contributed by atoms with Crippen molar-refractivity contribution in [3.8, 4) is 11.6 Å². The maximum Gasteiger partial charge on any atom is 0.317 e. The second-order valence-electron chi connectivity index (χ2n) is 5.52. The molecule has 2 heterocycles. The van der Waals surface area contributed by atoms with E-state index in [1.165, 1.54) is 0 Å². The molecular formula is C17H20N4O3. The zero-order chi connectivity index (χ0) is 16.8. The molecule has 0 spiro atoms. The summed E-state index contributed by atoms with van der Waals surface area (Å²) in [6.45, 7) is 1.69. The molecule has 1 aromatic heterocycles. The number of ether oxygens (including phenoxy) is 2. The van der Waals surface area contributed by atoms with Crippen molar-refractivity contribution in [3.63, 3.8) is 0 Å². The molecule has 0 radical (unpaired) electrons. The molecule has 7 heteroatoms. The van der Waals surface area contributed by atoms with Crippen LogP contribution in [0.4, 0.5) is 4.79 Å². The van der Waals surface area contributed by atoms with Gasteiger partial charge in [-0.25, -0.2) is 9.78 Å². The summed E-state index contributed by atoms with van der Waals surface area (Å²) in [6, 6.07) is 7.53. The molecule has 0 aliphatic carbocycles. The van der Waals surface area contributed by atoms with E-state index < -0.39 is 0 Å². The highest BCUT2D eigenvalue weighted by Gasteiger charge is 2.27. The van der Waals surface area contributed by atoms with Gasteiger partial charge in [-0.2, -0.15) is 0 Å². The van der Waals surface area contributed by atoms with Crippen LogP contribution in [0.5, 0.6) is 11.6 Å². The van der Waals surface area contributed by atoms with Crippen LogP contribution in [0.25, 0.3) is 0 Å². The van der Waals surface area contributed by atoms with E-state index in [9.17, 15) is 4.79 Å². The van der Waals surface area contributed by atoms with Crippen LogP contribution in [0.2, 0.25) is 0 Å². The third-order valence-electron chi connectivity index (χ3n) is 3.86. The number of hydrogen-bond acceptors (Lipinski definition) is 5. The number of carbonyl (C=O) groups is 1. The van der Waals surface area contributed by atoms with Gasteiger partial charge in [0.15, 0.2) is 0 Å². The van der Waals surface area contributed by atoms with Gasteiger partial charge in [0, 0.05) is 31.9 Å². The molecule has 0 bridgehead atoms. The minimum atomic E-state index is -0.0870. The topological polar surface area (TPSA) is 76.6 Å². The molecule has 126 valence electrons. The van der Waals surface area contributed by atoms with Gasteiger partial charge in [0.2, 0.25) is 5.88 Å². The predicted molar refractivity (Wildman–Crippen MR) is 87.9 cm³/mol. The summed E-state index contributed by atoms with van der Waals surface area (Å²) in [5, 5.41) is 2.93. The van der Waals surface area contributed by atoms with Gasteiger partial charge in [-0.1, -0.05) is 12.1 Å². The van der Waals surface area contributed by atoms with Crippen LogP contribution < -0.4 is 14.8 Å². The van der Waals surface area contributed by atoms with E-state index in [1.807, 2.05) is 24.3 Å². The molecule has 3 rings (SSSR count). The van der Waals surface area contributed by atoms with E-state index in [0.717, 1.165) is 17.7 Å². The Morgan fingerprint density at radius 1 is 1.33 bits per heavy atom. The highest BCUT2D eigenvalue weighted by molar-refractivity contribution is 5.74. The van der Waals surface area contributed by atoms with Crippen LogP contribution in [-0.2, 0) is 6.54 Å². The number of likely N-dealkylation sites (tertiary alicyclic amines) is 1. The fraction of sp³-hybridized carbons (Fsp3) is 0.353. The number of amides is 2. The first-order valence-electron chi connectivity index (χ1n) is 7.83. The Bertz CT molecular complexity index is 663. The van der Waals surface area contributed by atoms with Crippen LogP contribution in [0.15, 0.2) is 42.9 Å². The third-order valence-corrected chi connectivity index (χ3v) is 3.86. The van der Waals surface area contributed by atoms with Crippen molar-refractivity contribution in [1.29, 1.82) is 0 Å². The molecule has 7 nitrogen and oxygen atoms in total. The van der Waals surface area contributed by atoms with E-state index >= 15 is 0 Å². The Morgan fingerprint density at radius 3 is 2.88 bits per heavy atom. The van der Waals surface area contributed by atoms with Gasteiger partial charge < -0.3 is 19.7 Å². The van der Waals surface area contributed by atoms with Crippen LogP contribution in [0, 0.1) is 0 Å². The van der Waals surface area contributed by atoms with E-state index in [1.54, 1.807) is 30.6 Å². The molecule has 1 saturated heterocycles. The standard InChI is InChI=1S/C17H20N4O3/c1-23-14-4-2-13(3-5-14)10-20-17(22)21-9-6-15(12-21)24-16-11-18-7-8-19-16/h2-5,7-8,11,15H,6,9-10,12H2,1H3,(H,20,22). The highest BCUT2D eigenvalue weighted by atomic mass is 16.5. The first kappa shape index (κ1) is 16.0. The highest BCUT2D eigenvalue weighted by Crippen LogP contribution is 2.16. The minimum absolute atomic E-state index is 0.0477. The summed E-state index contributed by atoms with van der Waals surface area (Å²) in [7, 11) is 1.63. The van der Waals surface area contributed by atoms with Crippen molar-refractivity contribution in [2.24, 2.45) is 0 Å². The van der Waals surface area contributed by atoms with E-state index in [-0.39, 0.29) is 12.1 Å². The van der Waals surface area contributed by atoms with Crippen molar-refractivity contribution >= 4 is 6.03 Å². The van der Waals surface area contributed by atoms with E-state index in [2.05, 4.69) is 15.3 Å². The smallest absolute Gasteiger partial charge is 0.317 e. The summed E-state index contributed by atoms with van der Waals surface area (Å²) in [5.41, 5.74) is 1.02. The molecule has 1 unspecified atom stereocenters. The Labute approximate surface area is 140 Å². The summed E-state index contributed by atoms with van der Waals surface area (Å²) in [6.07, 6.45) is 5.50. The molecule has 1 atom stereocenters. The second-order valence-corrected chi connectivity index (χ2v) is 5.52. The minimum Gasteiger partial charge on any atom is -0.497 e. The van der Waals surface area contributed by atoms with Crippen LogP contribution >= 0.6 is 0 Å². The molecule has 2 aromatic rings. The lowest BCUT2D eigenvalue weighted by atomic mass is 10.2. The number of aromatic nitrogens is 2. The van der Waals surface area contributed by atoms with Crippen molar-refractivity contribution in [2.45, 2.75) is 19.1 Å². The van der Waals surface area contributed by atoms with Gasteiger partial charge in [-0.3, -0.25) is 4.98 Å². The van der Waals surface area contributed by atoms with Gasteiger partial charge in [-0.05, 0) is 17.7 Å². The largest absolute Gasteiger partial charge is 0.497 e. The van der Waals surface area contributed by atoms with Gasteiger partial charge >= 0.3 is 6.03 Å². The van der Waals surface area contributed by atoms with Crippen LogP contribution in [-0.4, -0.2) is 47.2 Å². The number of nitrogens with zero attached hydrogens (tertiary/aromatic N) is 3. The Kier molecular flexibility index (Phi) is 5.10. The van der Waals surface area contributed by atoms with Crippen LogP contribution in [0.1, 0.15) is 12.0 Å². The number of carbonyl (C=O) groups excluding carboxylic acids is 1. The number of rotatable bonds is 5. The summed E-state index contributed by atoms with van der Waals surface area (Å²) in [4.78, 5) is 22.1. The molecule has 1 fully saturated rings. The fourth-order valence-corrected chi connectivity index (χ4v) is 2.56. The van der Waals surface area contributed by atoms with E-state index in [0.29, 0.717) is 25.5 Å². The number of methoxy groups -OCH3 is 1. The molecule has 1 aliphatic rings. The zero-order valence-electron chi connectivity index (χ0n) is 13.5. The van der Waals surface area contributed by atoms with Gasteiger partial charge in [-0.15, -0.1) is 0 Å².